The van der Waals surface area contributed by atoms with Crippen molar-refractivity contribution in [2.45, 2.75) is 45.3 Å². The molecule has 2 saturated heterocycles. The van der Waals surface area contributed by atoms with E-state index in [9.17, 15) is 14.7 Å². The predicted octanol–water partition coefficient (Wildman–Crippen LogP) is 1.97. The van der Waals surface area contributed by atoms with Crippen LogP contribution in [0.15, 0.2) is 30.3 Å². The molecule has 3 rings (SSSR count). The van der Waals surface area contributed by atoms with E-state index in [1.54, 1.807) is 9.80 Å². The minimum Gasteiger partial charge on any atom is -0.391 e. The van der Waals surface area contributed by atoms with Crippen molar-refractivity contribution in [2.24, 2.45) is 5.41 Å². The predicted molar refractivity (Wildman–Crippen MR) is 91.1 cm³/mol. The Labute approximate surface area is 143 Å². The Morgan fingerprint density at radius 1 is 1.25 bits per heavy atom. The fourth-order valence-electron chi connectivity index (χ4n) is 3.65. The van der Waals surface area contributed by atoms with Gasteiger partial charge < -0.3 is 14.9 Å². The molecule has 2 heterocycles. The first-order valence-electron chi connectivity index (χ1n) is 8.71. The number of carbonyl (C=O) groups is 2. The first kappa shape index (κ1) is 17.0. The van der Waals surface area contributed by atoms with Gasteiger partial charge in [0.2, 0.25) is 11.8 Å². The highest BCUT2D eigenvalue weighted by Gasteiger charge is 2.44. The highest BCUT2D eigenvalue weighted by Crippen LogP contribution is 2.34. The Hall–Kier alpha value is -1.88. The Morgan fingerprint density at radius 2 is 1.96 bits per heavy atom. The summed E-state index contributed by atoms with van der Waals surface area (Å²) in [5, 5.41) is 10.2. The van der Waals surface area contributed by atoms with Crippen LogP contribution in [0, 0.1) is 5.41 Å². The summed E-state index contributed by atoms with van der Waals surface area (Å²) in [7, 11) is 0. The summed E-state index contributed by atoms with van der Waals surface area (Å²) in [6.45, 7) is 5.39. The van der Waals surface area contributed by atoms with Crippen molar-refractivity contribution in [2.75, 3.05) is 19.6 Å². The summed E-state index contributed by atoms with van der Waals surface area (Å²) in [5.74, 6) is -0.0384. The highest BCUT2D eigenvalue weighted by molar-refractivity contribution is 5.89. The number of aliphatic hydroxyl groups is 1. The Balaban J connectivity index is 1.90. The molecule has 0 radical (unpaired) electrons. The smallest absolute Gasteiger partial charge is 0.250 e. The number of amides is 2. The second kappa shape index (κ2) is 6.55. The molecule has 0 spiro atoms. The number of nitrogens with zero attached hydrogens (tertiary/aromatic N) is 2. The molecule has 0 unspecified atom stereocenters. The first-order valence-corrected chi connectivity index (χ1v) is 8.71. The van der Waals surface area contributed by atoms with Gasteiger partial charge in [0, 0.05) is 31.5 Å². The van der Waals surface area contributed by atoms with E-state index in [2.05, 4.69) is 0 Å². The fourth-order valence-corrected chi connectivity index (χ4v) is 3.65. The van der Waals surface area contributed by atoms with E-state index in [0.717, 1.165) is 18.4 Å². The molecule has 24 heavy (non-hydrogen) atoms. The van der Waals surface area contributed by atoms with E-state index in [4.69, 9.17) is 0 Å². The zero-order valence-corrected chi connectivity index (χ0v) is 14.4. The van der Waals surface area contributed by atoms with Gasteiger partial charge in [-0.05, 0) is 18.4 Å². The minimum atomic E-state index is -0.583. The molecule has 5 heteroatoms. The maximum absolute atomic E-state index is 13.2. The van der Waals surface area contributed by atoms with Gasteiger partial charge >= 0.3 is 0 Å². The van der Waals surface area contributed by atoms with Crippen molar-refractivity contribution in [3.8, 4) is 0 Å². The maximum Gasteiger partial charge on any atom is 0.250 e. The minimum absolute atomic E-state index is 0.0439. The molecule has 2 atom stereocenters. The molecular formula is C19H26N2O3. The van der Waals surface area contributed by atoms with Crippen LogP contribution in [0.3, 0.4) is 0 Å². The summed E-state index contributed by atoms with van der Waals surface area (Å²) < 4.78 is 0. The van der Waals surface area contributed by atoms with Gasteiger partial charge in [0.25, 0.3) is 0 Å². The molecule has 2 fully saturated rings. The molecule has 130 valence electrons. The first-order chi connectivity index (χ1) is 11.4. The largest absolute Gasteiger partial charge is 0.391 e. The Kier molecular flexibility index (Phi) is 4.63. The third-order valence-electron chi connectivity index (χ3n) is 5.23. The van der Waals surface area contributed by atoms with Crippen molar-refractivity contribution in [1.29, 1.82) is 0 Å². The molecule has 0 aliphatic carbocycles. The number of aliphatic hydroxyl groups excluding tert-OH is 1. The van der Waals surface area contributed by atoms with Crippen molar-refractivity contribution in [3.63, 3.8) is 0 Å². The molecule has 2 aliphatic heterocycles. The summed E-state index contributed by atoms with van der Waals surface area (Å²) in [5.41, 5.74) is 0.528. The standard InChI is InChI=1S/C19H26N2O3/c1-19(2)13-20(12-15(19)22)18(24)17(14-8-4-3-5-9-14)21-11-7-6-10-16(21)23/h3-5,8-9,15,17,22H,6-7,10-13H2,1-2H3/t15-,17+/m1/s1. The Morgan fingerprint density at radius 3 is 2.54 bits per heavy atom. The average Bonchev–Trinajstić information content (AvgIpc) is 2.84. The lowest BCUT2D eigenvalue weighted by molar-refractivity contribution is -0.147. The van der Waals surface area contributed by atoms with Crippen LogP contribution in [0.4, 0.5) is 0 Å². The monoisotopic (exact) mass is 330 g/mol. The van der Waals surface area contributed by atoms with Crippen molar-refractivity contribution in [1.82, 2.24) is 9.80 Å². The van der Waals surface area contributed by atoms with E-state index in [0.29, 0.717) is 26.1 Å². The lowest BCUT2D eigenvalue weighted by Gasteiger charge is -2.36. The second-order valence-corrected chi connectivity index (χ2v) is 7.58. The lowest BCUT2D eigenvalue weighted by Crippen LogP contribution is -2.47. The van der Waals surface area contributed by atoms with Gasteiger partial charge in [0.15, 0.2) is 0 Å². The van der Waals surface area contributed by atoms with E-state index >= 15 is 0 Å². The topological polar surface area (TPSA) is 60.9 Å². The molecule has 1 aromatic rings. The number of piperidine rings is 1. The molecule has 1 aromatic carbocycles. The van der Waals surface area contributed by atoms with Gasteiger partial charge in [-0.15, -0.1) is 0 Å². The zero-order valence-electron chi connectivity index (χ0n) is 14.4. The van der Waals surface area contributed by atoms with Crippen molar-refractivity contribution in [3.05, 3.63) is 35.9 Å². The van der Waals surface area contributed by atoms with Gasteiger partial charge in [-0.2, -0.15) is 0 Å². The van der Waals surface area contributed by atoms with Gasteiger partial charge in [-0.3, -0.25) is 9.59 Å². The molecule has 5 nitrogen and oxygen atoms in total. The molecule has 0 saturated carbocycles. The third kappa shape index (κ3) is 3.18. The molecule has 2 amide bonds. The normalized spacial score (nSPS) is 25.0. The quantitative estimate of drug-likeness (QED) is 0.922. The van der Waals surface area contributed by atoms with Crippen LogP contribution >= 0.6 is 0 Å². The number of rotatable bonds is 3. The van der Waals surface area contributed by atoms with Gasteiger partial charge in [-0.25, -0.2) is 0 Å². The summed E-state index contributed by atoms with van der Waals surface area (Å²) >= 11 is 0. The fraction of sp³-hybridized carbons (Fsp3) is 0.579. The van der Waals surface area contributed by atoms with Crippen LogP contribution in [0.2, 0.25) is 0 Å². The highest BCUT2D eigenvalue weighted by atomic mass is 16.3. The molecule has 0 bridgehead atoms. The van der Waals surface area contributed by atoms with Crippen LogP contribution < -0.4 is 0 Å². The van der Waals surface area contributed by atoms with E-state index in [-0.39, 0.29) is 17.2 Å². The second-order valence-electron chi connectivity index (χ2n) is 7.58. The van der Waals surface area contributed by atoms with Gasteiger partial charge in [0.05, 0.1) is 6.10 Å². The number of hydrogen-bond donors (Lipinski definition) is 1. The zero-order chi connectivity index (χ0) is 17.3. The number of hydrogen-bond acceptors (Lipinski definition) is 3. The lowest BCUT2D eigenvalue weighted by atomic mass is 9.90. The summed E-state index contributed by atoms with van der Waals surface area (Å²) in [6.07, 6.45) is 1.79. The van der Waals surface area contributed by atoms with Crippen molar-refractivity contribution >= 4 is 11.8 Å². The number of carbonyl (C=O) groups excluding carboxylic acids is 2. The summed E-state index contributed by atoms with van der Waals surface area (Å²) in [4.78, 5) is 29.1. The van der Waals surface area contributed by atoms with Gasteiger partial charge in [-0.1, -0.05) is 44.2 Å². The Bertz CT molecular complexity index is 614. The number of β-amino-alcohol motifs (C(OH)–C–C–N with tert-alkyl or cyclic N) is 1. The van der Waals surface area contributed by atoms with Crippen LogP contribution in [0.5, 0.6) is 0 Å². The maximum atomic E-state index is 13.2. The molecule has 2 aliphatic rings. The summed E-state index contributed by atoms with van der Waals surface area (Å²) in [6, 6.07) is 8.93. The third-order valence-corrected chi connectivity index (χ3v) is 5.23. The van der Waals surface area contributed by atoms with Crippen LogP contribution in [0.25, 0.3) is 0 Å². The molecular weight excluding hydrogens is 304 g/mol. The van der Waals surface area contributed by atoms with Gasteiger partial charge in [0.1, 0.15) is 6.04 Å². The number of likely N-dealkylation sites (tertiary alicyclic amines) is 2. The van der Waals surface area contributed by atoms with E-state index in [1.807, 2.05) is 44.2 Å². The number of benzene rings is 1. The molecule has 1 N–H and O–H groups in total. The SMILES string of the molecule is CC1(C)CN(C(=O)[C@H](c2ccccc2)N2CCCCC2=O)C[C@H]1O. The van der Waals surface area contributed by atoms with Crippen LogP contribution in [-0.4, -0.2) is 52.5 Å². The van der Waals surface area contributed by atoms with E-state index < -0.39 is 12.1 Å². The average molecular weight is 330 g/mol. The van der Waals surface area contributed by atoms with Crippen LogP contribution in [-0.2, 0) is 9.59 Å². The van der Waals surface area contributed by atoms with Crippen molar-refractivity contribution < 1.29 is 14.7 Å². The molecule has 0 aromatic heterocycles. The van der Waals surface area contributed by atoms with E-state index in [1.165, 1.54) is 0 Å². The van der Waals surface area contributed by atoms with Crippen LogP contribution in [0.1, 0.15) is 44.7 Å².